The molecule has 92 valence electrons. The fourth-order valence-corrected chi connectivity index (χ4v) is 2.93. The minimum Gasteiger partial charge on any atom is -0.325 e. The summed E-state index contributed by atoms with van der Waals surface area (Å²) in [6, 6.07) is 7.76. The fourth-order valence-electron chi connectivity index (χ4n) is 1.89. The average Bonchev–Trinajstić information content (AvgIpc) is 2.59. The SMILES string of the molecule is Cc1cccc(NC(=O)[C@H]2CSC(C)(C)N2)c1. The van der Waals surface area contributed by atoms with Crippen molar-refractivity contribution in [2.24, 2.45) is 0 Å². The van der Waals surface area contributed by atoms with Crippen LogP contribution in [-0.4, -0.2) is 22.6 Å². The first-order valence-corrected chi connectivity index (χ1v) is 6.74. The molecule has 0 bridgehead atoms. The van der Waals surface area contributed by atoms with Gasteiger partial charge in [-0.3, -0.25) is 10.1 Å². The molecule has 4 heteroatoms. The highest BCUT2D eigenvalue weighted by atomic mass is 32.2. The van der Waals surface area contributed by atoms with Crippen LogP contribution in [0.2, 0.25) is 0 Å². The number of anilines is 1. The number of hydrogen-bond acceptors (Lipinski definition) is 3. The van der Waals surface area contributed by atoms with Gasteiger partial charge in [-0.2, -0.15) is 0 Å². The lowest BCUT2D eigenvalue weighted by Crippen LogP contribution is -2.43. The third-order valence-corrected chi connectivity index (χ3v) is 4.07. The summed E-state index contributed by atoms with van der Waals surface area (Å²) < 4.78 is 0. The minimum absolute atomic E-state index is 0.00535. The molecule has 1 aromatic rings. The number of amides is 1. The highest BCUT2D eigenvalue weighted by Crippen LogP contribution is 2.29. The van der Waals surface area contributed by atoms with Gasteiger partial charge < -0.3 is 5.32 Å². The van der Waals surface area contributed by atoms with Gasteiger partial charge in [0.1, 0.15) is 0 Å². The summed E-state index contributed by atoms with van der Waals surface area (Å²) in [4.78, 5) is 12.0. The molecule has 1 fully saturated rings. The number of thioether (sulfide) groups is 1. The van der Waals surface area contributed by atoms with Gasteiger partial charge in [-0.05, 0) is 38.5 Å². The molecule has 1 saturated heterocycles. The van der Waals surface area contributed by atoms with E-state index in [-0.39, 0.29) is 16.8 Å². The van der Waals surface area contributed by atoms with E-state index in [1.807, 2.05) is 31.2 Å². The van der Waals surface area contributed by atoms with Crippen molar-refractivity contribution in [2.75, 3.05) is 11.1 Å². The molecule has 17 heavy (non-hydrogen) atoms. The lowest BCUT2D eigenvalue weighted by atomic mass is 10.2. The Morgan fingerprint density at radius 3 is 2.88 bits per heavy atom. The Balaban J connectivity index is 1.98. The maximum atomic E-state index is 12.0. The monoisotopic (exact) mass is 250 g/mol. The second-order valence-electron chi connectivity index (χ2n) is 4.88. The maximum Gasteiger partial charge on any atom is 0.242 e. The summed E-state index contributed by atoms with van der Waals surface area (Å²) in [5, 5.41) is 6.26. The number of aryl methyl sites for hydroxylation is 1. The van der Waals surface area contributed by atoms with Gasteiger partial charge in [0.15, 0.2) is 0 Å². The lowest BCUT2D eigenvalue weighted by Gasteiger charge is -2.18. The average molecular weight is 250 g/mol. The van der Waals surface area contributed by atoms with Crippen molar-refractivity contribution in [3.05, 3.63) is 29.8 Å². The number of carbonyl (C=O) groups excluding carboxylic acids is 1. The molecule has 0 radical (unpaired) electrons. The van der Waals surface area contributed by atoms with Gasteiger partial charge in [0.05, 0.1) is 10.9 Å². The van der Waals surface area contributed by atoms with Crippen LogP contribution in [-0.2, 0) is 4.79 Å². The summed E-state index contributed by atoms with van der Waals surface area (Å²) >= 11 is 1.78. The first-order chi connectivity index (χ1) is 7.96. The summed E-state index contributed by atoms with van der Waals surface area (Å²) in [5.41, 5.74) is 2.02. The summed E-state index contributed by atoms with van der Waals surface area (Å²) in [6.45, 7) is 6.21. The van der Waals surface area contributed by atoms with Gasteiger partial charge in [-0.1, -0.05) is 12.1 Å². The number of nitrogens with one attached hydrogen (secondary N) is 2. The van der Waals surface area contributed by atoms with Crippen LogP contribution in [0.4, 0.5) is 5.69 Å². The first kappa shape index (κ1) is 12.5. The van der Waals surface area contributed by atoms with Crippen molar-refractivity contribution < 1.29 is 4.79 Å². The van der Waals surface area contributed by atoms with E-state index in [0.717, 1.165) is 17.0 Å². The van der Waals surface area contributed by atoms with E-state index in [0.29, 0.717) is 0 Å². The van der Waals surface area contributed by atoms with Gasteiger partial charge in [0, 0.05) is 11.4 Å². The van der Waals surface area contributed by atoms with E-state index < -0.39 is 0 Å². The zero-order valence-electron chi connectivity index (χ0n) is 10.4. The zero-order chi connectivity index (χ0) is 12.5. The molecule has 1 aliphatic rings. The smallest absolute Gasteiger partial charge is 0.242 e. The molecule has 0 spiro atoms. The van der Waals surface area contributed by atoms with Crippen molar-refractivity contribution in [1.29, 1.82) is 0 Å². The van der Waals surface area contributed by atoms with E-state index in [4.69, 9.17) is 0 Å². The Morgan fingerprint density at radius 2 is 2.29 bits per heavy atom. The molecule has 1 aromatic carbocycles. The fraction of sp³-hybridized carbons (Fsp3) is 0.462. The van der Waals surface area contributed by atoms with Crippen LogP contribution >= 0.6 is 11.8 Å². The number of carbonyl (C=O) groups is 1. The van der Waals surface area contributed by atoms with E-state index in [1.54, 1.807) is 11.8 Å². The molecule has 1 heterocycles. The van der Waals surface area contributed by atoms with Gasteiger partial charge in [-0.15, -0.1) is 11.8 Å². The van der Waals surface area contributed by atoms with Gasteiger partial charge in [0.2, 0.25) is 5.91 Å². The van der Waals surface area contributed by atoms with E-state index in [1.165, 1.54) is 0 Å². The second-order valence-corrected chi connectivity index (χ2v) is 6.52. The Kier molecular flexibility index (Phi) is 3.45. The Bertz CT molecular complexity index is 431. The van der Waals surface area contributed by atoms with Crippen molar-refractivity contribution in [3.63, 3.8) is 0 Å². The molecule has 0 aromatic heterocycles. The van der Waals surface area contributed by atoms with Crippen LogP contribution in [0, 0.1) is 6.92 Å². The minimum atomic E-state index is -0.101. The van der Waals surface area contributed by atoms with E-state index in [2.05, 4.69) is 24.5 Å². The molecule has 1 aliphatic heterocycles. The standard InChI is InChI=1S/C13H18N2OS/c1-9-5-4-6-10(7-9)14-12(16)11-8-17-13(2,3)15-11/h4-7,11,15H,8H2,1-3H3,(H,14,16)/t11-/m1/s1. The Labute approximate surface area is 106 Å². The van der Waals surface area contributed by atoms with Crippen LogP contribution in [0.15, 0.2) is 24.3 Å². The maximum absolute atomic E-state index is 12.0. The Morgan fingerprint density at radius 1 is 1.53 bits per heavy atom. The second kappa shape index (κ2) is 4.70. The lowest BCUT2D eigenvalue weighted by molar-refractivity contribution is -0.117. The van der Waals surface area contributed by atoms with E-state index >= 15 is 0 Å². The quantitative estimate of drug-likeness (QED) is 0.846. The largest absolute Gasteiger partial charge is 0.325 e. The van der Waals surface area contributed by atoms with Crippen molar-refractivity contribution in [3.8, 4) is 0 Å². The predicted molar refractivity (Wildman–Crippen MR) is 73.3 cm³/mol. The van der Waals surface area contributed by atoms with Gasteiger partial charge in [0.25, 0.3) is 0 Å². The predicted octanol–water partition coefficient (Wildman–Crippen LogP) is 2.37. The number of benzene rings is 1. The molecule has 3 nitrogen and oxygen atoms in total. The van der Waals surface area contributed by atoms with Crippen molar-refractivity contribution in [1.82, 2.24) is 5.32 Å². The third-order valence-electron chi connectivity index (χ3n) is 2.73. The van der Waals surface area contributed by atoms with Gasteiger partial charge in [-0.25, -0.2) is 0 Å². The normalized spacial score (nSPS) is 22.4. The van der Waals surface area contributed by atoms with Crippen LogP contribution in [0.5, 0.6) is 0 Å². The summed E-state index contributed by atoms with van der Waals surface area (Å²) in [7, 11) is 0. The zero-order valence-corrected chi connectivity index (χ0v) is 11.2. The number of rotatable bonds is 2. The highest BCUT2D eigenvalue weighted by Gasteiger charge is 2.34. The van der Waals surface area contributed by atoms with Crippen LogP contribution in [0.3, 0.4) is 0 Å². The topological polar surface area (TPSA) is 41.1 Å². The molecular formula is C13H18N2OS. The molecule has 2 rings (SSSR count). The molecule has 2 N–H and O–H groups in total. The van der Waals surface area contributed by atoms with Crippen molar-refractivity contribution in [2.45, 2.75) is 31.7 Å². The number of hydrogen-bond donors (Lipinski definition) is 2. The molecule has 0 aliphatic carbocycles. The van der Waals surface area contributed by atoms with Crippen molar-refractivity contribution >= 4 is 23.4 Å². The summed E-state index contributed by atoms with van der Waals surface area (Å²) in [6.07, 6.45) is 0. The third kappa shape index (κ3) is 3.23. The first-order valence-electron chi connectivity index (χ1n) is 5.75. The van der Waals surface area contributed by atoms with Gasteiger partial charge >= 0.3 is 0 Å². The van der Waals surface area contributed by atoms with Crippen LogP contribution < -0.4 is 10.6 Å². The van der Waals surface area contributed by atoms with E-state index in [9.17, 15) is 4.79 Å². The molecule has 1 amide bonds. The summed E-state index contributed by atoms with van der Waals surface area (Å²) in [5.74, 6) is 0.874. The molecular weight excluding hydrogens is 232 g/mol. The highest BCUT2D eigenvalue weighted by molar-refractivity contribution is 8.00. The Hall–Kier alpha value is -1.00. The molecule has 1 atom stereocenters. The van der Waals surface area contributed by atoms with Crippen LogP contribution in [0.1, 0.15) is 19.4 Å². The van der Waals surface area contributed by atoms with Crippen LogP contribution in [0.25, 0.3) is 0 Å². The molecule has 0 unspecified atom stereocenters. The molecule has 0 saturated carbocycles.